The predicted molar refractivity (Wildman–Crippen MR) is 113 cm³/mol. The zero-order chi connectivity index (χ0) is 20.6. The fourth-order valence-electron chi connectivity index (χ4n) is 2.98. The monoisotopic (exact) mass is 389 g/mol. The molecular formula is C24H23NO4. The minimum atomic E-state index is -0.202. The number of rotatable bonds is 8. The Morgan fingerprint density at radius 1 is 1.00 bits per heavy atom. The highest BCUT2D eigenvalue weighted by Gasteiger charge is 2.18. The van der Waals surface area contributed by atoms with Crippen molar-refractivity contribution in [3.8, 4) is 11.5 Å². The summed E-state index contributed by atoms with van der Waals surface area (Å²) in [5.74, 6) is 0.696. The molecule has 5 nitrogen and oxygen atoms in total. The van der Waals surface area contributed by atoms with Crippen LogP contribution in [0.5, 0.6) is 11.5 Å². The number of aryl methyl sites for hydroxylation is 1. The number of anilines is 1. The second-order valence-corrected chi connectivity index (χ2v) is 6.61. The molecule has 0 spiro atoms. The van der Waals surface area contributed by atoms with Crippen LogP contribution in [0.25, 0.3) is 0 Å². The number of hydrogen-bond acceptors (Lipinski definition) is 4. The lowest BCUT2D eigenvalue weighted by molar-refractivity contribution is -0.120. The highest BCUT2D eigenvalue weighted by molar-refractivity contribution is 5.94. The molecule has 3 aromatic carbocycles. The van der Waals surface area contributed by atoms with Gasteiger partial charge in [-0.15, -0.1) is 0 Å². The summed E-state index contributed by atoms with van der Waals surface area (Å²) in [7, 11) is 1.53. The summed E-state index contributed by atoms with van der Waals surface area (Å²) in [6.07, 6.45) is 0.685. The molecule has 29 heavy (non-hydrogen) atoms. The van der Waals surface area contributed by atoms with Crippen molar-refractivity contribution < 1.29 is 19.1 Å². The number of hydrogen-bond donors (Lipinski definition) is 0. The van der Waals surface area contributed by atoms with E-state index in [-0.39, 0.29) is 12.5 Å². The van der Waals surface area contributed by atoms with Gasteiger partial charge in [0.2, 0.25) is 0 Å². The SMILES string of the molecule is COc1ccc(OCC(=O)N(Cc2ccccc2)c2cccc(C)c2)c(C=O)c1. The zero-order valence-electron chi connectivity index (χ0n) is 16.5. The predicted octanol–water partition coefficient (Wildman–Crippen LogP) is 4.43. The van der Waals surface area contributed by atoms with E-state index in [9.17, 15) is 9.59 Å². The van der Waals surface area contributed by atoms with Gasteiger partial charge in [0.05, 0.1) is 19.2 Å². The maximum atomic E-state index is 13.0. The molecule has 0 atom stereocenters. The Morgan fingerprint density at radius 2 is 1.79 bits per heavy atom. The fraction of sp³-hybridized carbons (Fsp3) is 0.167. The van der Waals surface area contributed by atoms with Crippen molar-refractivity contribution in [3.05, 3.63) is 89.5 Å². The third kappa shape index (κ3) is 5.23. The first kappa shape index (κ1) is 20.1. The second kappa shape index (κ2) is 9.55. The molecular weight excluding hydrogens is 366 g/mol. The minimum Gasteiger partial charge on any atom is -0.497 e. The number of ether oxygens (including phenoxy) is 2. The highest BCUT2D eigenvalue weighted by atomic mass is 16.5. The van der Waals surface area contributed by atoms with Gasteiger partial charge < -0.3 is 14.4 Å². The number of carbonyl (C=O) groups excluding carboxylic acids is 2. The summed E-state index contributed by atoms with van der Waals surface area (Å²) >= 11 is 0. The Kier molecular flexibility index (Phi) is 6.63. The van der Waals surface area contributed by atoms with Crippen LogP contribution in [0.2, 0.25) is 0 Å². The van der Waals surface area contributed by atoms with Crippen LogP contribution in [-0.4, -0.2) is 25.9 Å². The fourth-order valence-corrected chi connectivity index (χ4v) is 2.98. The summed E-state index contributed by atoms with van der Waals surface area (Å²) in [5, 5.41) is 0. The average molecular weight is 389 g/mol. The van der Waals surface area contributed by atoms with Crippen molar-refractivity contribution in [2.75, 3.05) is 18.6 Å². The first-order chi connectivity index (χ1) is 14.1. The molecule has 0 unspecified atom stereocenters. The topological polar surface area (TPSA) is 55.8 Å². The maximum Gasteiger partial charge on any atom is 0.265 e. The summed E-state index contributed by atoms with van der Waals surface area (Å²) in [5.41, 5.74) is 3.21. The summed E-state index contributed by atoms with van der Waals surface area (Å²) in [6, 6.07) is 22.4. The van der Waals surface area contributed by atoms with Crippen LogP contribution in [0.1, 0.15) is 21.5 Å². The molecule has 0 bridgehead atoms. The number of amides is 1. The lowest BCUT2D eigenvalue weighted by Crippen LogP contribution is -2.34. The summed E-state index contributed by atoms with van der Waals surface area (Å²) < 4.78 is 10.8. The van der Waals surface area contributed by atoms with Gasteiger partial charge in [0, 0.05) is 5.69 Å². The van der Waals surface area contributed by atoms with Crippen molar-refractivity contribution in [3.63, 3.8) is 0 Å². The number of methoxy groups -OCH3 is 1. The Bertz CT molecular complexity index is 985. The van der Waals surface area contributed by atoms with Crippen molar-refractivity contribution in [1.82, 2.24) is 0 Å². The smallest absolute Gasteiger partial charge is 0.265 e. The molecule has 0 aliphatic carbocycles. The van der Waals surface area contributed by atoms with Gasteiger partial charge in [0.15, 0.2) is 12.9 Å². The van der Waals surface area contributed by atoms with Crippen LogP contribution >= 0.6 is 0 Å². The molecule has 0 saturated heterocycles. The third-order valence-corrected chi connectivity index (χ3v) is 4.49. The van der Waals surface area contributed by atoms with E-state index in [4.69, 9.17) is 9.47 Å². The van der Waals surface area contributed by atoms with Crippen LogP contribution in [0, 0.1) is 6.92 Å². The molecule has 0 fully saturated rings. The van der Waals surface area contributed by atoms with E-state index in [0.29, 0.717) is 29.9 Å². The van der Waals surface area contributed by atoms with E-state index < -0.39 is 0 Å². The van der Waals surface area contributed by atoms with Crippen LogP contribution in [0.3, 0.4) is 0 Å². The summed E-state index contributed by atoms with van der Waals surface area (Å²) in [6.45, 7) is 2.22. The molecule has 0 aliphatic heterocycles. The molecule has 1 amide bonds. The van der Waals surface area contributed by atoms with E-state index >= 15 is 0 Å². The van der Waals surface area contributed by atoms with Gasteiger partial charge in [0.25, 0.3) is 5.91 Å². The lowest BCUT2D eigenvalue weighted by atomic mass is 10.1. The van der Waals surface area contributed by atoms with Crippen LogP contribution in [0.15, 0.2) is 72.8 Å². The van der Waals surface area contributed by atoms with E-state index in [1.807, 2.05) is 61.5 Å². The first-order valence-electron chi connectivity index (χ1n) is 9.27. The Hall–Kier alpha value is -3.60. The largest absolute Gasteiger partial charge is 0.497 e. The second-order valence-electron chi connectivity index (χ2n) is 6.61. The Morgan fingerprint density at radius 3 is 2.48 bits per heavy atom. The van der Waals surface area contributed by atoms with Gasteiger partial charge in [-0.3, -0.25) is 9.59 Å². The average Bonchev–Trinajstić information content (AvgIpc) is 2.76. The van der Waals surface area contributed by atoms with Crippen molar-refractivity contribution in [2.45, 2.75) is 13.5 Å². The van der Waals surface area contributed by atoms with Gasteiger partial charge in [-0.05, 0) is 48.4 Å². The van der Waals surface area contributed by atoms with Crippen LogP contribution in [-0.2, 0) is 11.3 Å². The quantitative estimate of drug-likeness (QED) is 0.535. The standard InChI is InChI=1S/C24H23NO4/c1-18-7-6-10-21(13-18)25(15-19-8-4-3-5-9-19)24(27)17-29-23-12-11-22(28-2)14-20(23)16-26/h3-14,16H,15,17H2,1-2H3. The number of carbonyl (C=O) groups is 2. The van der Waals surface area contributed by atoms with Gasteiger partial charge in [-0.1, -0.05) is 42.5 Å². The van der Waals surface area contributed by atoms with Gasteiger partial charge in [-0.25, -0.2) is 0 Å². The van der Waals surface area contributed by atoms with Gasteiger partial charge in [-0.2, -0.15) is 0 Å². The molecule has 0 radical (unpaired) electrons. The zero-order valence-corrected chi connectivity index (χ0v) is 16.5. The van der Waals surface area contributed by atoms with Crippen molar-refractivity contribution >= 4 is 17.9 Å². The number of benzene rings is 3. The normalized spacial score (nSPS) is 10.3. The molecule has 0 N–H and O–H groups in total. The molecule has 0 saturated carbocycles. The molecule has 3 aromatic rings. The molecule has 0 aliphatic rings. The highest BCUT2D eigenvalue weighted by Crippen LogP contribution is 2.24. The molecule has 0 aromatic heterocycles. The number of nitrogens with zero attached hydrogens (tertiary/aromatic N) is 1. The maximum absolute atomic E-state index is 13.0. The molecule has 0 heterocycles. The first-order valence-corrected chi connectivity index (χ1v) is 9.27. The van der Waals surface area contributed by atoms with Gasteiger partial charge in [0.1, 0.15) is 11.5 Å². The van der Waals surface area contributed by atoms with Crippen molar-refractivity contribution in [2.24, 2.45) is 0 Å². The van der Waals surface area contributed by atoms with Crippen molar-refractivity contribution in [1.29, 1.82) is 0 Å². The Labute approximate surface area is 170 Å². The Balaban J connectivity index is 1.80. The van der Waals surface area contributed by atoms with Crippen LogP contribution < -0.4 is 14.4 Å². The van der Waals surface area contributed by atoms with E-state index in [0.717, 1.165) is 16.8 Å². The molecule has 5 heteroatoms. The summed E-state index contributed by atoms with van der Waals surface area (Å²) in [4.78, 5) is 26.1. The lowest BCUT2D eigenvalue weighted by Gasteiger charge is -2.24. The van der Waals surface area contributed by atoms with Crippen LogP contribution in [0.4, 0.5) is 5.69 Å². The van der Waals surface area contributed by atoms with E-state index in [1.54, 1.807) is 23.1 Å². The third-order valence-electron chi connectivity index (χ3n) is 4.49. The van der Waals surface area contributed by atoms with Gasteiger partial charge >= 0.3 is 0 Å². The van der Waals surface area contributed by atoms with E-state index in [2.05, 4.69) is 0 Å². The number of aldehydes is 1. The molecule has 3 rings (SSSR count). The van der Waals surface area contributed by atoms with E-state index in [1.165, 1.54) is 7.11 Å². The molecule has 148 valence electrons. The minimum absolute atomic E-state index is 0.187.